The van der Waals surface area contributed by atoms with Gasteiger partial charge in [0.2, 0.25) is 0 Å². The zero-order chi connectivity index (χ0) is 11.6. The van der Waals surface area contributed by atoms with Crippen LogP contribution >= 0.6 is 9.24 Å². The summed E-state index contributed by atoms with van der Waals surface area (Å²) in [5, 5.41) is 4.73. The number of rotatable bonds is 3. The van der Waals surface area contributed by atoms with E-state index in [0.717, 1.165) is 19.4 Å². The average Bonchev–Trinajstić information content (AvgIpc) is 2.58. The first-order valence-electron chi connectivity index (χ1n) is 5.81. The fourth-order valence-corrected chi connectivity index (χ4v) is 2.26. The molecular formula is C13H20NOP. The fourth-order valence-electron chi connectivity index (χ4n) is 2.06. The number of nitrogens with one attached hydrogen (secondary N) is 1. The molecule has 2 atom stereocenters. The molecule has 3 heteroatoms. The molecule has 1 aromatic rings. The highest BCUT2D eigenvalue weighted by Gasteiger charge is 2.30. The van der Waals surface area contributed by atoms with Crippen LogP contribution in [-0.4, -0.2) is 18.4 Å². The maximum absolute atomic E-state index is 5.65. The summed E-state index contributed by atoms with van der Waals surface area (Å²) < 4.78 is 5.65. The Labute approximate surface area is 100.0 Å². The monoisotopic (exact) mass is 237 g/mol. The molecule has 2 rings (SSSR count). The summed E-state index contributed by atoms with van der Waals surface area (Å²) in [4.78, 5) is 0. The average molecular weight is 237 g/mol. The molecule has 1 heterocycles. The Kier molecular flexibility index (Phi) is 3.63. The molecule has 1 aliphatic heterocycles. The Hall–Kier alpha value is -0.430. The molecule has 0 spiro atoms. The number of hydrogen-bond acceptors (Lipinski definition) is 2. The maximum Gasteiger partial charge on any atom is 0.113 e. The smallest absolute Gasteiger partial charge is 0.113 e. The summed E-state index contributed by atoms with van der Waals surface area (Å²) >= 11 is 0. The van der Waals surface area contributed by atoms with Crippen molar-refractivity contribution in [2.45, 2.75) is 38.5 Å². The van der Waals surface area contributed by atoms with Crippen molar-refractivity contribution >= 4 is 14.5 Å². The van der Waals surface area contributed by atoms with E-state index >= 15 is 0 Å². The van der Waals surface area contributed by atoms with Crippen LogP contribution in [0.1, 0.15) is 25.8 Å². The van der Waals surface area contributed by atoms with Crippen molar-refractivity contribution in [3.05, 3.63) is 29.8 Å². The van der Waals surface area contributed by atoms with Gasteiger partial charge in [0.1, 0.15) is 5.72 Å². The van der Waals surface area contributed by atoms with Crippen molar-refractivity contribution in [2.24, 2.45) is 0 Å². The van der Waals surface area contributed by atoms with Crippen LogP contribution in [0.2, 0.25) is 0 Å². The largest absolute Gasteiger partial charge is 0.360 e. The van der Waals surface area contributed by atoms with Crippen LogP contribution in [0.4, 0.5) is 0 Å². The molecule has 0 amide bonds. The van der Waals surface area contributed by atoms with Crippen LogP contribution in [0.25, 0.3) is 0 Å². The first-order valence-corrected chi connectivity index (χ1v) is 6.39. The molecule has 0 aromatic heterocycles. The minimum Gasteiger partial charge on any atom is -0.360 e. The lowest BCUT2D eigenvalue weighted by atomic mass is 10.1. The zero-order valence-corrected chi connectivity index (χ0v) is 11.1. The van der Waals surface area contributed by atoms with Gasteiger partial charge in [0, 0.05) is 6.04 Å². The second-order valence-electron chi connectivity index (χ2n) is 4.94. The van der Waals surface area contributed by atoms with Crippen molar-refractivity contribution < 1.29 is 4.74 Å². The summed E-state index contributed by atoms with van der Waals surface area (Å²) in [7, 11) is 2.71. The van der Waals surface area contributed by atoms with Gasteiger partial charge in [-0.1, -0.05) is 24.3 Å². The molecule has 2 unspecified atom stereocenters. The van der Waals surface area contributed by atoms with Gasteiger partial charge in [0.05, 0.1) is 6.61 Å². The molecule has 0 bridgehead atoms. The van der Waals surface area contributed by atoms with E-state index in [1.54, 1.807) is 0 Å². The van der Waals surface area contributed by atoms with Gasteiger partial charge in [0.15, 0.2) is 0 Å². The molecule has 1 aromatic carbocycles. The predicted molar refractivity (Wildman–Crippen MR) is 71.1 cm³/mol. The second-order valence-corrected chi connectivity index (χ2v) is 5.61. The Morgan fingerprint density at radius 3 is 2.62 bits per heavy atom. The maximum atomic E-state index is 5.65. The summed E-state index contributed by atoms with van der Waals surface area (Å²) in [5.41, 5.74) is 1.26. The van der Waals surface area contributed by atoms with E-state index in [2.05, 4.69) is 52.7 Å². The number of benzene rings is 1. The van der Waals surface area contributed by atoms with E-state index in [-0.39, 0.29) is 5.72 Å². The number of hydrogen-bond donors (Lipinski definition) is 1. The van der Waals surface area contributed by atoms with E-state index in [0.29, 0.717) is 6.04 Å². The Balaban J connectivity index is 1.82. The van der Waals surface area contributed by atoms with Crippen LogP contribution in [-0.2, 0) is 11.2 Å². The SMILES string of the molecule is CC1(C)NC(CCc2ccc(P)cc2)CO1. The van der Waals surface area contributed by atoms with Crippen molar-refractivity contribution in [1.29, 1.82) is 0 Å². The Morgan fingerprint density at radius 2 is 2.06 bits per heavy atom. The van der Waals surface area contributed by atoms with Gasteiger partial charge in [-0.15, -0.1) is 9.24 Å². The molecular weight excluding hydrogens is 217 g/mol. The van der Waals surface area contributed by atoms with Crippen LogP contribution in [0, 0.1) is 0 Å². The van der Waals surface area contributed by atoms with Gasteiger partial charge in [-0.2, -0.15) is 0 Å². The van der Waals surface area contributed by atoms with Gasteiger partial charge >= 0.3 is 0 Å². The van der Waals surface area contributed by atoms with Crippen LogP contribution < -0.4 is 10.6 Å². The normalized spacial score (nSPS) is 23.6. The first-order chi connectivity index (χ1) is 7.55. The van der Waals surface area contributed by atoms with Gasteiger partial charge in [0.25, 0.3) is 0 Å². The first kappa shape index (κ1) is 12.0. The van der Waals surface area contributed by atoms with E-state index in [9.17, 15) is 0 Å². The van der Waals surface area contributed by atoms with Gasteiger partial charge in [-0.3, -0.25) is 5.32 Å². The molecule has 16 heavy (non-hydrogen) atoms. The highest BCUT2D eigenvalue weighted by molar-refractivity contribution is 7.27. The third-order valence-corrected chi connectivity index (χ3v) is 3.34. The fraction of sp³-hybridized carbons (Fsp3) is 0.538. The minimum atomic E-state index is -0.144. The van der Waals surface area contributed by atoms with E-state index in [4.69, 9.17) is 4.74 Å². The van der Waals surface area contributed by atoms with Gasteiger partial charge < -0.3 is 4.74 Å². The van der Waals surface area contributed by atoms with E-state index < -0.39 is 0 Å². The van der Waals surface area contributed by atoms with Crippen molar-refractivity contribution in [3.63, 3.8) is 0 Å². The summed E-state index contributed by atoms with van der Waals surface area (Å²) in [6, 6.07) is 9.17. The van der Waals surface area contributed by atoms with Gasteiger partial charge in [-0.05, 0) is 37.6 Å². The molecule has 0 saturated carbocycles. The molecule has 1 saturated heterocycles. The predicted octanol–water partition coefficient (Wildman–Crippen LogP) is 1.84. The lowest BCUT2D eigenvalue weighted by molar-refractivity contribution is 0.0231. The Morgan fingerprint density at radius 1 is 1.38 bits per heavy atom. The minimum absolute atomic E-state index is 0.144. The summed E-state index contributed by atoms with van der Waals surface area (Å²) in [5.74, 6) is 0. The zero-order valence-electron chi connectivity index (χ0n) is 9.99. The van der Waals surface area contributed by atoms with Crippen molar-refractivity contribution in [3.8, 4) is 0 Å². The lowest BCUT2D eigenvalue weighted by Crippen LogP contribution is -2.38. The van der Waals surface area contributed by atoms with E-state index in [1.807, 2.05) is 0 Å². The quantitative estimate of drug-likeness (QED) is 0.810. The highest BCUT2D eigenvalue weighted by Crippen LogP contribution is 2.17. The third-order valence-electron chi connectivity index (χ3n) is 2.96. The lowest BCUT2D eigenvalue weighted by Gasteiger charge is -2.18. The van der Waals surface area contributed by atoms with Crippen molar-refractivity contribution in [1.82, 2.24) is 5.32 Å². The van der Waals surface area contributed by atoms with Gasteiger partial charge in [-0.25, -0.2) is 0 Å². The molecule has 1 aliphatic rings. The molecule has 88 valence electrons. The molecule has 2 nitrogen and oxygen atoms in total. The van der Waals surface area contributed by atoms with Crippen LogP contribution in [0.3, 0.4) is 0 Å². The summed E-state index contributed by atoms with van der Waals surface area (Å²) in [6.07, 6.45) is 2.25. The Bertz CT molecular complexity index is 347. The standard InChI is InChI=1S/C13H20NOP/c1-13(2)14-11(9-15-13)6-3-10-4-7-12(16)8-5-10/h4-5,7-8,11,14H,3,6,9,16H2,1-2H3. The number of aryl methyl sites for hydroxylation is 1. The number of ether oxygens (including phenoxy) is 1. The summed E-state index contributed by atoms with van der Waals surface area (Å²) in [6.45, 7) is 4.99. The van der Waals surface area contributed by atoms with Crippen LogP contribution in [0.15, 0.2) is 24.3 Å². The van der Waals surface area contributed by atoms with E-state index in [1.165, 1.54) is 10.9 Å². The molecule has 1 fully saturated rings. The molecule has 0 aliphatic carbocycles. The highest BCUT2D eigenvalue weighted by atomic mass is 31.0. The second kappa shape index (κ2) is 4.83. The third kappa shape index (κ3) is 3.28. The van der Waals surface area contributed by atoms with Crippen molar-refractivity contribution in [2.75, 3.05) is 6.61 Å². The van der Waals surface area contributed by atoms with Crippen LogP contribution in [0.5, 0.6) is 0 Å². The topological polar surface area (TPSA) is 21.3 Å². The molecule has 0 radical (unpaired) electrons. The molecule has 1 N–H and O–H groups in total.